The lowest BCUT2D eigenvalue weighted by molar-refractivity contribution is -0.307. The quantitative estimate of drug-likeness (QED) is 0.311. The number of ether oxygens (including phenoxy) is 1. The number of hydrogen-bond acceptors (Lipinski definition) is 7. The lowest BCUT2D eigenvalue weighted by atomic mass is 9.95. The van der Waals surface area contributed by atoms with Gasteiger partial charge >= 0.3 is 0 Å². The number of carbonyl (C=O) groups excluding carboxylic acids is 2. The molecule has 1 amide bonds. The van der Waals surface area contributed by atoms with Crippen molar-refractivity contribution in [2.24, 2.45) is 0 Å². The smallest absolute Gasteiger partial charge is 0.272 e. The van der Waals surface area contributed by atoms with E-state index in [-0.39, 0.29) is 43.3 Å². The molecule has 3 aromatic rings. The minimum atomic E-state index is -1.40. The van der Waals surface area contributed by atoms with Crippen molar-refractivity contribution in [3.63, 3.8) is 0 Å². The molecule has 204 valence electrons. The van der Waals surface area contributed by atoms with Crippen molar-refractivity contribution in [1.82, 2.24) is 15.1 Å². The highest BCUT2D eigenvalue weighted by Gasteiger charge is 2.26. The molecule has 3 N–H and O–H groups in total. The number of halogens is 1. The number of aliphatic carboxylic acids is 1. The van der Waals surface area contributed by atoms with Crippen molar-refractivity contribution in [3.8, 4) is 11.4 Å². The van der Waals surface area contributed by atoms with Crippen LogP contribution in [-0.2, 0) is 17.8 Å². The van der Waals surface area contributed by atoms with E-state index in [4.69, 9.17) is 4.74 Å². The van der Waals surface area contributed by atoms with Crippen LogP contribution >= 0.6 is 0 Å². The maximum Gasteiger partial charge on any atom is 0.272 e. The lowest BCUT2D eigenvalue weighted by Gasteiger charge is -2.17. The first-order valence-corrected chi connectivity index (χ1v) is 12.4. The SMILES string of the molecule is COc1ccc(CNC(=O)c2nn(-c3ccc(F)cc3)c(CC[C@@H](O)C[C@@H](O)CC(=O)[O-])c2C(C)C)cc1. The Labute approximate surface area is 220 Å². The lowest BCUT2D eigenvalue weighted by Crippen LogP contribution is -2.29. The zero-order valence-electron chi connectivity index (χ0n) is 21.7. The van der Waals surface area contributed by atoms with Crippen molar-refractivity contribution >= 4 is 11.9 Å². The van der Waals surface area contributed by atoms with E-state index in [1.807, 2.05) is 26.0 Å². The number of methoxy groups -OCH3 is 1. The summed E-state index contributed by atoms with van der Waals surface area (Å²) in [4.78, 5) is 24.0. The summed E-state index contributed by atoms with van der Waals surface area (Å²) in [6, 6.07) is 13.0. The van der Waals surface area contributed by atoms with E-state index in [0.29, 0.717) is 22.7 Å². The van der Waals surface area contributed by atoms with Crippen LogP contribution in [-0.4, -0.2) is 51.2 Å². The van der Waals surface area contributed by atoms with E-state index in [9.17, 15) is 29.3 Å². The van der Waals surface area contributed by atoms with Crippen molar-refractivity contribution < 1.29 is 34.0 Å². The number of benzene rings is 2. The fourth-order valence-corrected chi connectivity index (χ4v) is 4.30. The van der Waals surface area contributed by atoms with E-state index in [1.165, 1.54) is 12.1 Å². The zero-order valence-corrected chi connectivity index (χ0v) is 21.7. The molecule has 2 aromatic carbocycles. The van der Waals surface area contributed by atoms with Gasteiger partial charge in [0, 0.05) is 30.2 Å². The predicted molar refractivity (Wildman–Crippen MR) is 136 cm³/mol. The molecule has 1 aromatic heterocycles. The molecule has 3 rings (SSSR count). The second-order valence-corrected chi connectivity index (χ2v) is 9.44. The summed E-state index contributed by atoms with van der Waals surface area (Å²) in [5.41, 5.74) is 2.99. The first-order valence-electron chi connectivity index (χ1n) is 12.4. The minimum Gasteiger partial charge on any atom is -0.550 e. The van der Waals surface area contributed by atoms with Gasteiger partial charge in [0.15, 0.2) is 5.69 Å². The van der Waals surface area contributed by atoms with Crippen LogP contribution in [0.15, 0.2) is 48.5 Å². The molecular formula is C28H33FN3O6-. The molecule has 0 spiro atoms. The van der Waals surface area contributed by atoms with Gasteiger partial charge in [-0.1, -0.05) is 26.0 Å². The number of aliphatic hydroxyl groups excluding tert-OH is 2. The van der Waals surface area contributed by atoms with Gasteiger partial charge in [-0.05, 0) is 67.1 Å². The minimum absolute atomic E-state index is 0.109. The summed E-state index contributed by atoms with van der Waals surface area (Å²) >= 11 is 0. The molecule has 10 heteroatoms. The van der Waals surface area contributed by atoms with Crippen LogP contribution in [0.1, 0.15) is 66.3 Å². The topological polar surface area (TPSA) is 137 Å². The van der Waals surface area contributed by atoms with Crippen molar-refractivity contribution in [2.75, 3.05) is 7.11 Å². The van der Waals surface area contributed by atoms with E-state index >= 15 is 0 Å². The van der Waals surface area contributed by atoms with Crippen LogP contribution in [0.2, 0.25) is 0 Å². The van der Waals surface area contributed by atoms with E-state index in [0.717, 1.165) is 5.56 Å². The number of nitrogens with zero attached hydrogens (tertiary/aromatic N) is 2. The molecule has 9 nitrogen and oxygen atoms in total. The van der Waals surface area contributed by atoms with Gasteiger partial charge in [-0.15, -0.1) is 0 Å². The second-order valence-electron chi connectivity index (χ2n) is 9.44. The van der Waals surface area contributed by atoms with Gasteiger partial charge in [0.05, 0.1) is 25.0 Å². The molecule has 38 heavy (non-hydrogen) atoms. The molecule has 0 fully saturated rings. The number of aromatic nitrogens is 2. The zero-order chi connectivity index (χ0) is 27.8. The Morgan fingerprint density at radius 2 is 1.74 bits per heavy atom. The van der Waals surface area contributed by atoms with Gasteiger partial charge < -0.3 is 30.2 Å². The normalized spacial score (nSPS) is 12.8. The Kier molecular flexibility index (Phi) is 9.98. The molecule has 0 aliphatic carbocycles. The third-order valence-electron chi connectivity index (χ3n) is 6.16. The van der Waals surface area contributed by atoms with E-state index < -0.39 is 30.4 Å². The maximum atomic E-state index is 13.6. The highest BCUT2D eigenvalue weighted by Crippen LogP contribution is 2.28. The number of rotatable bonds is 13. The number of aliphatic hydroxyl groups is 2. The van der Waals surface area contributed by atoms with Crippen molar-refractivity contribution in [1.29, 1.82) is 0 Å². The third kappa shape index (κ3) is 7.62. The number of carboxylic acids is 1. The predicted octanol–water partition coefficient (Wildman–Crippen LogP) is 2.26. The molecular weight excluding hydrogens is 493 g/mol. The van der Waals surface area contributed by atoms with Crippen LogP contribution in [0, 0.1) is 5.82 Å². The first kappa shape index (κ1) is 28.8. The Bertz CT molecular complexity index is 1220. The third-order valence-corrected chi connectivity index (χ3v) is 6.16. The molecule has 0 saturated carbocycles. The molecule has 0 aliphatic heterocycles. The average molecular weight is 527 g/mol. The monoisotopic (exact) mass is 526 g/mol. The summed E-state index contributed by atoms with van der Waals surface area (Å²) in [7, 11) is 1.58. The first-order chi connectivity index (χ1) is 18.1. The Morgan fingerprint density at radius 1 is 1.08 bits per heavy atom. The van der Waals surface area contributed by atoms with Crippen LogP contribution in [0.4, 0.5) is 4.39 Å². The number of carboxylic acid groups (broad SMARTS) is 1. The van der Waals surface area contributed by atoms with Gasteiger partial charge in [0.1, 0.15) is 11.6 Å². The van der Waals surface area contributed by atoms with Crippen molar-refractivity contribution in [2.45, 2.75) is 64.2 Å². The van der Waals surface area contributed by atoms with Gasteiger partial charge in [-0.25, -0.2) is 9.07 Å². The number of hydrogen-bond donors (Lipinski definition) is 3. The molecule has 2 atom stereocenters. The van der Waals surface area contributed by atoms with Gasteiger partial charge in [0.25, 0.3) is 5.91 Å². The molecule has 0 unspecified atom stereocenters. The van der Waals surface area contributed by atoms with E-state index in [1.54, 1.807) is 36.1 Å². The van der Waals surface area contributed by atoms with E-state index in [2.05, 4.69) is 10.4 Å². The second kappa shape index (κ2) is 13.2. The van der Waals surface area contributed by atoms with Gasteiger partial charge in [0.2, 0.25) is 0 Å². The number of carbonyl (C=O) groups is 2. The van der Waals surface area contributed by atoms with Gasteiger partial charge in [-0.2, -0.15) is 5.10 Å². The van der Waals surface area contributed by atoms with Crippen LogP contribution in [0.5, 0.6) is 5.75 Å². The number of nitrogens with one attached hydrogen (secondary N) is 1. The molecule has 0 radical (unpaired) electrons. The Hall–Kier alpha value is -3.76. The summed E-state index contributed by atoms with van der Waals surface area (Å²) in [5.74, 6) is -1.59. The molecule has 0 saturated heterocycles. The van der Waals surface area contributed by atoms with Crippen LogP contribution in [0.25, 0.3) is 5.69 Å². The fourth-order valence-electron chi connectivity index (χ4n) is 4.30. The van der Waals surface area contributed by atoms with Gasteiger partial charge in [-0.3, -0.25) is 4.79 Å². The summed E-state index contributed by atoms with van der Waals surface area (Å²) in [6.45, 7) is 4.12. The van der Waals surface area contributed by atoms with Crippen LogP contribution in [0.3, 0.4) is 0 Å². The molecule has 0 aliphatic rings. The fraction of sp³-hybridized carbons (Fsp3) is 0.393. The largest absolute Gasteiger partial charge is 0.550 e. The van der Waals surface area contributed by atoms with Crippen molar-refractivity contribution in [3.05, 3.63) is 76.9 Å². The molecule has 1 heterocycles. The average Bonchev–Trinajstić information content (AvgIpc) is 3.26. The standard InChI is InChI=1S/C28H34FN3O6/c1-17(2)26-24(13-10-21(33)14-22(34)15-25(35)36)32(20-8-6-19(29)7-9-20)31-27(26)28(37)30-16-18-4-11-23(38-3)12-5-18/h4-9,11-12,17,21-22,33-34H,10,13-16H2,1-3H3,(H,30,37)(H,35,36)/p-1/t21-,22-/m1/s1. The highest BCUT2D eigenvalue weighted by molar-refractivity contribution is 5.94. The van der Waals surface area contributed by atoms with Crippen LogP contribution < -0.4 is 15.2 Å². The summed E-state index contributed by atoms with van der Waals surface area (Å²) in [6.07, 6.45) is -2.47. The molecule has 0 bridgehead atoms. The summed E-state index contributed by atoms with van der Waals surface area (Å²) < 4.78 is 20.4. The number of amides is 1. The maximum absolute atomic E-state index is 13.6. The Morgan fingerprint density at radius 3 is 2.32 bits per heavy atom. The summed E-state index contributed by atoms with van der Waals surface area (Å²) in [5, 5.41) is 38.5. The highest BCUT2D eigenvalue weighted by atomic mass is 19.1. The Balaban J connectivity index is 1.88.